The summed E-state index contributed by atoms with van der Waals surface area (Å²) in [6.45, 7) is 0. The van der Waals surface area contributed by atoms with Crippen molar-refractivity contribution in [1.82, 2.24) is 5.27 Å². The monoisotopic (exact) mass is 312 g/mol. The minimum absolute atomic E-state index is 0.180. The lowest BCUT2D eigenvalue weighted by molar-refractivity contribution is -0.670. The molecule has 0 radical (unpaired) electrons. The maximum Gasteiger partial charge on any atom is 0.303 e. The Hall–Kier alpha value is -2.60. The third-order valence-corrected chi connectivity index (χ3v) is 3.77. The van der Waals surface area contributed by atoms with Crippen LogP contribution in [0.2, 0.25) is 0 Å². The van der Waals surface area contributed by atoms with Crippen LogP contribution in [0.4, 0.5) is 10.7 Å². The Balaban J connectivity index is 1.57. The van der Waals surface area contributed by atoms with Gasteiger partial charge in [-0.2, -0.15) is 0 Å². The third-order valence-electron chi connectivity index (χ3n) is 2.93. The number of hydrogen-bond donors (Lipinski definition) is 1. The highest BCUT2D eigenvalue weighted by atomic mass is 32.2. The predicted octanol–water partition coefficient (Wildman–Crippen LogP) is 3.42. The molecule has 5 nitrogen and oxygen atoms in total. The molecule has 0 unspecified atom stereocenters. The average Bonchev–Trinajstić information content (AvgIpc) is 3.03. The normalized spacial score (nSPS) is 10.4. The minimum Gasteiger partial charge on any atom is -0.282 e. The highest BCUT2D eigenvalue weighted by molar-refractivity contribution is 8.13. The second kappa shape index (κ2) is 6.91. The highest BCUT2D eigenvalue weighted by Gasteiger charge is 2.16. The third kappa shape index (κ3) is 3.73. The molecule has 0 saturated heterocycles. The molecule has 3 rings (SSSR count). The van der Waals surface area contributed by atoms with Gasteiger partial charge >= 0.3 is 5.88 Å². The molecule has 3 aromatic rings. The van der Waals surface area contributed by atoms with Crippen molar-refractivity contribution in [3.05, 3.63) is 72.4 Å². The van der Waals surface area contributed by atoms with Crippen molar-refractivity contribution in [2.75, 3.05) is 5.32 Å². The van der Waals surface area contributed by atoms with Gasteiger partial charge in [-0.15, -0.1) is 0 Å². The van der Waals surface area contributed by atoms with Gasteiger partial charge in [-0.1, -0.05) is 60.3 Å². The van der Waals surface area contributed by atoms with Crippen LogP contribution in [0.5, 0.6) is 0 Å². The molecule has 0 spiro atoms. The highest BCUT2D eigenvalue weighted by Crippen LogP contribution is 2.15. The summed E-state index contributed by atoms with van der Waals surface area (Å²) in [7, 11) is 0. The number of thioether (sulfide) groups is 1. The lowest BCUT2D eigenvalue weighted by atomic mass is 10.2. The Labute approximate surface area is 131 Å². The fourth-order valence-electron chi connectivity index (χ4n) is 1.86. The molecule has 2 aromatic carbocycles. The van der Waals surface area contributed by atoms with E-state index in [0.29, 0.717) is 11.6 Å². The van der Waals surface area contributed by atoms with E-state index in [2.05, 4.69) is 10.6 Å². The second-order valence-electron chi connectivity index (χ2n) is 4.53. The van der Waals surface area contributed by atoms with Crippen molar-refractivity contribution in [3.63, 3.8) is 0 Å². The molecule has 1 amide bonds. The smallest absolute Gasteiger partial charge is 0.282 e. The van der Waals surface area contributed by atoms with Crippen molar-refractivity contribution in [3.8, 4) is 5.69 Å². The number of anilines is 1. The zero-order valence-electron chi connectivity index (χ0n) is 11.7. The Bertz CT molecular complexity index is 744. The number of carbonyl (C=O) groups is 1. The van der Waals surface area contributed by atoms with Crippen LogP contribution in [-0.4, -0.2) is 10.5 Å². The van der Waals surface area contributed by atoms with Crippen LogP contribution in [0.3, 0.4) is 0 Å². The summed E-state index contributed by atoms with van der Waals surface area (Å²) in [6.07, 6.45) is 1.64. The molecule has 110 valence electrons. The molecule has 1 aromatic heterocycles. The SMILES string of the molecule is O=C(Nc1c[n+](-c2ccccc2)no1)SCc1ccccc1. The number of benzene rings is 2. The van der Waals surface area contributed by atoms with Crippen LogP contribution in [0.15, 0.2) is 71.4 Å². The van der Waals surface area contributed by atoms with Crippen LogP contribution >= 0.6 is 11.8 Å². The van der Waals surface area contributed by atoms with Gasteiger partial charge in [0.05, 0.1) is 0 Å². The Kier molecular flexibility index (Phi) is 4.50. The molecule has 0 aliphatic heterocycles. The lowest BCUT2D eigenvalue weighted by Crippen LogP contribution is -2.31. The van der Waals surface area contributed by atoms with Crippen LogP contribution in [0, 0.1) is 0 Å². The molecule has 0 saturated carbocycles. The van der Waals surface area contributed by atoms with E-state index in [4.69, 9.17) is 4.52 Å². The number of nitrogens with one attached hydrogen (secondary N) is 1. The number of carbonyl (C=O) groups excluding carboxylic acids is 1. The van der Waals surface area contributed by atoms with Gasteiger partial charge in [-0.25, -0.2) is 0 Å². The maximum absolute atomic E-state index is 11.9. The quantitative estimate of drug-likeness (QED) is 0.750. The van der Waals surface area contributed by atoms with Gasteiger partial charge in [0.2, 0.25) is 11.0 Å². The summed E-state index contributed by atoms with van der Waals surface area (Å²) in [5.41, 5.74) is 1.96. The number of amides is 1. The summed E-state index contributed by atoms with van der Waals surface area (Å²) in [5.74, 6) is 0.925. The first-order valence-electron chi connectivity index (χ1n) is 6.73. The van der Waals surface area contributed by atoms with E-state index >= 15 is 0 Å². The van der Waals surface area contributed by atoms with E-state index in [9.17, 15) is 4.79 Å². The van der Waals surface area contributed by atoms with Crippen molar-refractivity contribution in [1.29, 1.82) is 0 Å². The largest absolute Gasteiger partial charge is 0.303 e. The Morgan fingerprint density at radius 1 is 1.09 bits per heavy atom. The van der Waals surface area contributed by atoms with Crippen molar-refractivity contribution in [2.45, 2.75) is 5.75 Å². The Morgan fingerprint density at radius 2 is 1.77 bits per heavy atom. The fourth-order valence-corrected chi connectivity index (χ4v) is 2.53. The van der Waals surface area contributed by atoms with Gasteiger partial charge in [0.25, 0.3) is 11.4 Å². The lowest BCUT2D eigenvalue weighted by Gasteiger charge is -1.99. The summed E-state index contributed by atoms with van der Waals surface area (Å²) in [4.78, 5) is 11.9. The molecular formula is C16H14N3O2S+. The average molecular weight is 312 g/mol. The number of aromatic nitrogens is 2. The van der Waals surface area contributed by atoms with E-state index in [-0.39, 0.29) is 5.24 Å². The summed E-state index contributed by atoms with van der Waals surface area (Å²) >= 11 is 1.18. The molecule has 1 N–H and O–H groups in total. The molecule has 0 bridgehead atoms. The standard InChI is InChI=1S/C16H13N3O2S/c20-16(22-12-13-7-3-1-4-8-13)17-15-11-19(18-21-15)14-9-5-2-6-10-14/h1-11H,12H2/p+1. The molecule has 0 atom stereocenters. The van der Waals surface area contributed by atoms with Crippen LogP contribution < -0.4 is 10.00 Å². The Morgan fingerprint density at radius 3 is 2.50 bits per heavy atom. The van der Waals surface area contributed by atoms with Gasteiger partial charge in [0.1, 0.15) is 0 Å². The number of para-hydroxylation sites is 1. The van der Waals surface area contributed by atoms with Crippen molar-refractivity contribution in [2.24, 2.45) is 0 Å². The minimum atomic E-state index is -0.180. The van der Waals surface area contributed by atoms with E-state index in [1.807, 2.05) is 60.7 Å². The van der Waals surface area contributed by atoms with Crippen LogP contribution in [0.25, 0.3) is 5.69 Å². The van der Waals surface area contributed by atoms with Gasteiger partial charge in [0, 0.05) is 17.9 Å². The topological polar surface area (TPSA) is 59.0 Å². The molecule has 22 heavy (non-hydrogen) atoms. The summed E-state index contributed by atoms with van der Waals surface area (Å²) < 4.78 is 6.68. The number of rotatable bonds is 4. The molecule has 0 fully saturated rings. The predicted molar refractivity (Wildman–Crippen MR) is 84.8 cm³/mol. The molecular weight excluding hydrogens is 298 g/mol. The van der Waals surface area contributed by atoms with Gasteiger partial charge < -0.3 is 0 Å². The zero-order chi connectivity index (χ0) is 15.2. The van der Waals surface area contributed by atoms with Crippen LogP contribution in [0.1, 0.15) is 5.56 Å². The van der Waals surface area contributed by atoms with E-state index in [0.717, 1.165) is 11.3 Å². The summed E-state index contributed by atoms with van der Waals surface area (Å²) in [6, 6.07) is 19.4. The number of hydrogen-bond acceptors (Lipinski definition) is 4. The molecule has 1 heterocycles. The maximum atomic E-state index is 11.9. The van der Waals surface area contributed by atoms with Gasteiger partial charge in [0.15, 0.2) is 0 Å². The van der Waals surface area contributed by atoms with Crippen molar-refractivity contribution >= 4 is 22.9 Å². The van der Waals surface area contributed by atoms with E-state index in [1.54, 1.807) is 10.9 Å². The van der Waals surface area contributed by atoms with Gasteiger partial charge in [-0.05, 0) is 10.2 Å². The second-order valence-corrected chi connectivity index (χ2v) is 5.48. The first kappa shape index (κ1) is 14.3. The van der Waals surface area contributed by atoms with Crippen LogP contribution in [-0.2, 0) is 5.75 Å². The van der Waals surface area contributed by atoms with Gasteiger partial charge in [-0.3, -0.25) is 14.6 Å². The molecule has 0 aliphatic carbocycles. The molecule has 6 heteroatoms. The zero-order valence-corrected chi connectivity index (χ0v) is 12.5. The van der Waals surface area contributed by atoms with E-state index < -0.39 is 0 Å². The van der Waals surface area contributed by atoms with E-state index in [1.165, 1.54) is 11.8 Å². The first-order chi connectivity index (χ1) is 10.8. The number of nitrogens with zero attached hydrogens (tertiary/aromatic N) is 2. The summed E-state index contributed by atoms with van der Waals surface area (Å²) in [5, 5.41) is 6.37. The van der Waals surface area contributed by atoms with Crippen molar-refractivity contribution < 1.29 is 14.0 Å². The first-order valence-corrected chi connectivity index (χ1v) is 7.71. The fraction of sp³-hybridized carbons (Fsp3) is 0.0625. The molecule has 0 aliphatic rings.